The van der Waals surface area contributed by atoms with E-state index < -0.39 is 16.1 Å². The van der Waals surface area contributed by atoms with E-state index in [0.29, 0.717) is 60.5 Å². The molecule has 4 heterocycles. The molecule has 1 amide bonds. The topological polar surface area (TPSA) is 145 Å². The molecule has 1 saturated heterocycles. The van der Waals surface area contributed by atoms with Gasteiger partial charge in [0.15, 0.2) is 5.01 Å². The summed E-state index contributed by atoms with van der Waals surface area (Å²) in [5.41, 5.74) is 1.56. The normalized spacial score (nSPS) is 18.8. The minimum absolute atomic E-state index is 0.0127. The lowest BCUT2D eigenvalue weighted by molar-refractivity contribution is 0.0914. The van der Waals surface area contributed by atoms with Gasteiger partial charge in [0.25, 0.3) is 5.91 Å². The van der Waals surface area contributed by atoms with E-state index >= 15 is 0 Å². The molecule has 0 bridgehead atoms. The third kappa shape index (κ3) is 6.11. The van der Waals surface area contributed by atoms with E-state index in [2.05, 4.69) is 30.0 Å². The molecular weight excluding hydrogens is 528 g/mol. The van der Waals surface area contributed by atoms with E-state index in [1.807, 2.05) is 6.92 Å². The van der Waals surface area contributed by atoms with Gasteiger partial charge in [-0.15, -0.1) is 11.3 Å². The van der Waals surface area contributed by atoms with Crippen LogP contribution in [0.2, 0.25) is 0 Å². The number of rotatable bonds is 10. The van der Waals surface area contributed by atoms with Crippen LogP contribution in [0, 0.1) is 5.92 Å². The summed E-state index contributed by atoms with van der Waals surface area (Å²) in [6.45, 7) is 3.39. The molecule has 11 nitrogen and oxygen atoms in total. The number of pyridine rings is 1. The molecule has 202 valence electrons. The molecule has 3 aromatic heterocycles. The highest BCUT2D eigenvalue weighted by molar-refractivity contribution is 7.93. The summed E-state index contributed by atoms with van der Waals surface area (Å²) in [5, 5.41) is 2.95. The van der Waals surface area contributed by atoms with Crippen molar-refractivity contribution in [3.8, 4) is 16.5 Å². The Morgan fingerprint density at radius 3 is 2.82 bits per heavy atom. The second kappa shape index (κ2) is 11.7. The van der Waals surface area contributed by atoms with Crippen LogP contribution in [0.3, 0.4) is 0 Å². The number of nitrogens with one attached hydrogen (secondary N) is 2. The van der Waals surface area contributed by atoms with Gasteiger partial charge in [0, 0.05) is 24.9 Å². The third-order valence-corrected chi connectivity index (χ3v) is 9.57. The van der Waals surface area contributed by atoms with Crippen molar-refractivity contribution in [3.05, 3.63) is 47.6 Å². The Labute approximate surface area is 225 Å². The first kappa shape index (κ1) is 26.4. The molecule has 1 saturated carbocycles. The predicted molar refractivity (Wildman–Crippen MR) is 142 cm³/mol. The SMILES string of the molecule is CCOc1cncc(-c2cnc(C(=O)N[C@@H](c3cc(NS(=O)(=O)C4CCCC4)ccn3)[C@@H]3CCOC3)s2)n1. The van der Waals surface area contributed by atoms with Crippen molar-refractivity contribution in [2.24, 2.45) is 5.92 Å². The quantitative estimate of drug-likeness (QED) is 0.381. The van der Waals surface area contributed by atoms with Crippen LogP contribution in [0.5, 0.6) is 5.88 Å². The number of sulfonamides is 1. The molecule has 13 heteroatoms. The Morgan fingerprint density at radius 2 is 2.05 bits per heavy atom. The van der Waals surface area contributed by atoms with E-state index in [9.17, 15) is 13.2 Å². The van der Waals surface area contributed by atoms with Crippen molar-refractivity contribution in [1.29, 1.82) is 0 Å². The number of carbonyl (C=O) groups excluding carboxylic acids is 1. The van der Waals surface area contributed by atoms with Crippen LogP contribution < -0.4 is 14.8 Å². The summed E-state index contributed by atoms with van der Waals surface area (Å²) in [4.78, 5) is 31.3. The zero-order valence-corrected chi connectivity index (χ0v) is 22.6. The summed E-state index contributed by atoms with van der Waals surface area (Å²) in [7, 11) is -3.49. The Morgan fingerprint density at radius 1 is 1.21 bits per heavy atom. The Bertz CT molecular complexity index is 1370. The maximum atomic E-state index is 13.3. The van der Waals surface area contributed by atoms with Gasteiger partial charge in [0.05, 0.1) is 53.2 Å². The number of hydrogen-bond acceptors (Lipinski definition) is 10. The second-order valence-corrected chi connectivity index (χ2v) is 12.3. The molecule has 5 rings (SSSR count). The van der Waals surface area contributed by atoms with Crippen molar-refractivity contribution in [3.63, 3.8) is 0 Å². The molecule has 0 spiro atoms. The fourth-order valence-corrected chi connectivity index (χ4v) is 7.11. The van der Waals surface area contributed by atoms with Crippen LogP contribution in [0.15, 0.2) is 36.9 Å². The number of aromatic nitrogens is 4. The summed E-state index contributed by atoms with van der Waals surface area (Å²) in [6, 6.07) is 2.84. The highest BCUT2D eigenvalue weighted by atomic mass is 32.2. The minimum Gasteiger partial charge on any atom is -0.477 e. The number of nitrogens with zero attached hydrogens (tertiary/aromatic N) is 4. The Hall–Kier alpha value is -3.16. The van der Waals surface area contributed by atoms with Gasteiger partial charge in [-0.05, 0) is 38.3 Å². The highest BCUT2D eigenvalue weighted by Crippen LogP contribution is 2.32. The number of amides is 1. The molecule has 38 heavy (non-hydrogen) atoms. The first-order chi connectivity index (χ1) is 18.4. The van der Waals surface area contributed by atoms with Crippen LogP contribution in [0.4, 0.5) is 5.69 Å². The van der Waals surface area contributed by atoms with E-state index in [1.165, 1.54) is 17.5 Å². The van der Waals surface area contributed by atoms with Gasteiger partial charge < -0.3 is 14.8 Å². The van der Waals surface area contributed by atoms with Crippen LogP contribution in [-0.2, 0) is 14.8 Å². The van der Waals surface area contributed by atoms with Gasteiger partial charge in [-0.1, -0.05) is 12.8 Å². The van der Waals surface area contributed by atoms with Gasteiger partial charge in [-0.25, -0.2) is 18.4 Å². The molecule has 3 aromatic rings. The average Bonchev–Trinajstić information content (AvgIpc) is 3.70. The van der Waals surface area contributed by atoms with Gasteiger partial charge in [-0.2, -0.15) is 0 Å². The van der Waals surface area contributed by atoms with Gasteiger partial charge in [-0.3, -0.25) is 19.5 Å². The lowest BCUT2D eigenvalue weighted by atomic mass is 9.95. The standard InChI is InChI=1S/C25H30N6O5S2/c1-2-36-22-14-26-12-20(29-22)21-13-28-25(37-21)24(32)30-23(16-8-10-35-15-16)19-11-17(7-9-27-19)31-38(33,34)18-5-3-4-6-18/h7,9,11-14,16,18,23H,2-6,8,10,15H2,1H3,(H,27,31)(H,30,32)/t16-,23-/m1/s1. The van der Waals surface area contributed by atoms with Crippen LogP contribution in [-0.4, -0.2) is 59.3 Å². The summed E-state index contributed by atoms with van der Waals surface area (Å²) < 4.78 is 39.4. The Kier molecular flexibility index (Phi) is 8.15. The Balaban J connectivity index is 1.35. The number of thiazole rings is 1. The zero-order chi connectivity index (χ0) is 26.5. The van der Waals surface area contributed by atoms with E-state index in [0.717, 1.165) is 19.3 Å². The van der Waals surface area contributed by atoms with Crippen molar-refractivity contribution in [1.82, 2.24) is 25.3 Å². The second-order valence-electron chi connectivity index (χ2n) is 9.30. The van der Waals surface area contributed by atoms with Gasteiger partial charge >= 0.3 is 0 Å². The number of anilines is 1. The van der Waals surface area contributed by atoms with E-state index in [4.69, 9.17) is 9.47 Å². The lowest BCUT2D eigenvalue weighted by Crippen LogP contribution is -2.34. The maximum Gasteiger partial charge on any atom is 0.280 e. The monoisotopic (exact) mass is 558 g/mol. The van der Waals surface area contributed by atoms with E-state index in [1.54, 1.807) is 30.7 Å². The molecular formula is C25H30N6O5S2. The third-order valence-electron chi connectivity index (χ3n) is 6.68. The lowest BCUT2D eigenvalue weighted by Gasteiger charge is -2.23. The van der Waals surface area contributed by atoms with Crippen LogP contribution in [0.25, 0.3) is 10.6 Å². The zero-order valence-electron chi connectivity index (χ0n) is 21.0. The smallest absolute Gasteiger partial charge is 0.280 e. The summed E-state index contributed by atoms with van der Waals surface area (Å²) >= 11 is 1.20. The molecule has 0 unspecified atom stereocenters. The largest absolute Gasteiger partial charge is 0.477 e. The first-order valence-corrected chi connectivity index (χ1v) is 15.1. The molecule has 0 aromatic carbocycles. The minimum atomic E-state index is -3.49. The van der Waals surface area contributed by atoms with Crippen molar-refractivity contribution in [2.45, 2.75) is 50.3 Å². The van der Waals surface area contributed by atoms with Gasteiger partial charge in [0.2, 0.25) is 15.9 Å². The number of carbonyl (C=O) groups is 1. The molecule has 1 aliphatic heterocycles. The average molecular weight is 559 g/mol. The fraction of sp³-hybridized carbons (Fsp3) is 0.480. The predicted octanol–water partition coefficient (Wildman–Crippen LogP) is 3.59. The molecule has 0 radical (unpaired) electrons. The molecule has 2 atom stereocenters. The number of ether oxygens (including phenoxy) is 2. The molecule has 1 aliphatic carbocycles. The highest BCUT2D eigenvalue weighted by Gasteiger charge is 2.32. The fourth-order valence-electron chi connectivity index (χ4n) is 4.76. The summed E-state index contributed by atoms with van der Waals surface area (Å²) in [6.07, 6.45) is 10.2. The number of hydrogen-bond donors (Lipinski definition) is 2. The van der Waals surface area contributed by atoms with Crippen LogP contribution >= 0.6 is 11.3 Å². The molecule has 2 fully saturated rings. The van der Waals surface area contributed by atoms with E-state index in [-0.39, 0.29) is 22.1 Å². The molecule has 2 N–H and O–H groups in total. The molecule has 2 aliphatic rings. The van der Waals surface area contributed by atoms with Gasteiger partial charge in [0.1, 0.15) is 5.69 Å². The first-order valence-electron chi connectivity index (χ1n) is 12.7. The van der Waals surface area contributed by atoms with Crippen LogP contribution in [0.1, 0.15) is 60.6 Å². The van der Waals surface area contributed by atoms with Crippen molar-refractivity contribution < 1.29 is 22.7 Å². The maximum absolute atomic E-state index is 13.3. The van der Waals surface area contributed by atoms with Crippen molar-refractivity contribution >= 4 is 33.0 Å². The van der Waals surface area contributed by atoms with Crippen molar-refractivity contribution in [2.75, 3.05) is 24.5 Å². The summed E-state index contributed by atoms with van der Waals surface area (Å²) in [5.74, 6) is 0.0346.